The summed E-state index contributed by atoms with van der Waals surface area (Å²) in [6.07, 6.45) is 5.57. The first-order chi connectivity index (χ1) is 11.8. The number of amides is 1. The Morgan fingerprint density at radius 1 is 1.12 bits per heavy atom. The van der Waals surface area contributed by atoms with Crippen molar-refractivity contribution in [3.05, 3.63) is 73.1 Å². The lowest BCUT2D eigenvalue weighted by Gasteiger charge is -2.04. The number of hydrogen-bond acceptors (Lipinski definition) is 1. The molecule has 0 aliphatic heterocycles. The number of hydrogen-bond donors (Lipinski definition) is 1. The maximum absolute atomic E-state index is 12.2. The lowest BCUT2D eigenvalue weighted by atomic mass is 10.1. The van der Waals surface area contributed by atoms with Gasteiger partial charge in [0.05, 0.1) is 6.20 Å². The third-order valence-electron chi connectivity index (χ3n) is 4.05. The van der Waals surface area contributed by atoms with Crippen molar-refractivity contribution in [2.45, 2.75) is 19.4 Å². The summed E-state index contributed by atoms with van der Waals surface area (Å²) >= 11 is 0. The highest BCUT2D eigenvalue weighted by Gasteiger charge is 2.15. The normalized spacial score (nSPS) is 10.7. The molecule has 1 aromatic heterocycles. The number of nitrogens with one attached hydrogen (secondary N) is 1. The summed E-state index contributed by atoms with van der Waals surface area (Å²) in [6.45, 7) is 4.81. The van der Waals surface area contributed by atoms with Crippen LogP contribution in [0.25, 0.3) is 17.2 Å². The molecule has 1 N–H and O–H groups in total. The fraction of sp³-hybridized carbons (Fsp3) is 0.200. The molecule has 2 aromatic carbocycles. The lowest BCUT2D eigenvalue weighted by molar-refractivity contribution is -0.658. The molecule has 4 nitrogen and oxygen atoms in total. The molecule has 0 saturated heterocycles. The highest BCUT2D eigenvalue weighted by atomic mass is 16.1. The number of imidazole rings is 1. The van der Waals surface area contributed by atoms with Gasteiger partial charge >= 0.3 is 0 Å². The summed E-state index contributed by atoms with van der Waals surface area (Å²) in [4.78, 5) is 12.2. The number of nitrogens with zero attached hydrogens (tertiary/aromatic N) is 2. The van der Waals surface area contributed by atoms with Crippen LogP contribution in [0.5, 0.6) is 0 Å². The maximum atomic E-state index is 12.2. The molecule has 4 heteroatoms. The predicted molar refractivity (Wildman–Crippen MR) is 96.3 cm³/mol. The van der Waals surface area contributed by atoms with Crippen molar-refractivity contribution < 1.29 is 9.36 Å². The zero-order valence-electron chi connectivity index (χ0n) is 13.7. The van der Waals surface area contributed by atoms with Crippen molar-refractivity contribution in [2.24, 2.45) is 0 Å². The number of fused-ring (bicyclic) bond motifs is 1. The molecule has 1 amide bonds. The minimum Gasteiger partial charge on any atom is -0.353 e. The van der Waals surface area contributed by atoms with Crippen LogP contribution in [0.3, 0.4) is 0 Å². The summed E-state index contributed by atoms with van der Waals surface area (Å²) < 4.78 is 3.88. The number of carbonyl (C=O) groups excluding carboxylic acids is 1. The fourth-order valence-electron chi connectivity index (χ4n) is 2.85. The van der Waals surface area contributed by atoms with Crippen LogP contribution in [0.4, 0.5) is 0 Å². The van der Waals surface area contributed by atoms with Gasteiger partial charge in [0.2, 0.25) is 6.33 Å². The van der Waals surface area contributed by atoms with Gasteiger partial charge in [-0.1, -0.05) is 49.0 Å². The average molecular weight is 320 g/mol. The number of rotatable bonds is 7. The smallest absolute Gasteiger partial charge is 0.262 e. The van der Waals surface area contributed by atoms with E-state index >= 15 is 0 Å². The summed E-state index contributed by atoms with van der Waals surface area (Å²) in [7, 11) is 0. The second-order valence-corrected chi connectivity index (χ2v) is 5.76. The first-order valence-corrected chi connectivity index (χ1v) is 8.20. The summed E-state index contributed by atoms with van der Waals surface area (Å²) in [5.41, 5.74) is 3.37. The molecule has 0 atom stereocenters. The van der Waals surface area contributed by atoms with E-state index in [1.165, 1.54) is 5.56 Å². The third kappa shape index (κ3) is 3.71. The molecule has 122 valence electrons. The molecule has 24 heavy (non-hydrogen) atoms. The molecule has 1 heterocycles. The Morgan fingerprint density at radius 2 is 1.88 bits per heavy atom. The standard InChI is InChI=1S/C20H21N3O/c1-2-22-16-23(19-13-7-6-12-18(19)22)15-20(24)21-14-8-11-17-9-4-3-5-10-17/h2-7,9-10,12-13,16H,1,8,11,14-15H2/p+1. The molecule has 0 aliphatic carbocycles. The highest BCUT2D eigenvalue weighted by Crippen LogP contribution is 2.10. The van der Waals surface area contributed by atoms with Crippen LogP contribution in [-0.4, -0.2) is 17.0 Å². The Morgan fingerprint density at radius 3 is 2.67 bits per heavy atom. The van der Waals surface area contributed by atoms with Gasteiger partial charge < -0.3 is 5.32 Å². The van der Waals surface area contributed by atoms with Crippen molar-refractivity contribution in [3.8, 4) is 0 Å². The molecule has 0 bridgehead atoms. The second-order valence-electron chi connectivity index (χ2n) is 5.76. The van der Waals surface area contributed by atoms with Crippen molar-refractivity contribution in [1.29, 1.82) is 0 Å². The van der Waals surface area contributed by atoms with Gasteiger partial charge in [0, 0.05) is 6.54 Å². The van der Waals surface area contributed by atoms with E-state index in [1.807, 2.05) is 57.9 Å². The van der Waals surface area contributed by atoms with E-state index in [9.17, 15) is 4.79 Å². The first kappa shape index (κ1) is 16.0. The number of benzene rings is 2. The molecule has 0 spiro atoms. The summed E-state index contributed by atoms with van der Waals surface area (Å²) in [6, 6.07) is 18.3. The maximum Gasteiger partial charge on any atom is 0.262 e. The van der Waals surface area contributed by atoms with Crippen molar-refractivity contribution >= 4 is 23.1 Å². The molecule has 0 aliphatic rings. The predicted octanol–water partition coefficient (Wildman–Crippen LogP) is 2.78. The molecule has 0 radical (unpaired) electrons. The second kappa shape index (κ2) is 7.59. The van der Waals surface area contributed by atoms with E-state index in [-0.39, 0.29) is 5.91 Å². The Bertz CT molecular complexity index is 836. The zero-order chi connectivity index (χ0) is 16.8. The van der Waals surface area contributed by atoms with E-state index in [4.69, 9.17) is 0 Å². The van der Waals surface area contributed by atoms with Gasteiger partial charge in [-0.05, 0) is 30.5 Å². The minimum absolute atomic E-state index is 0.0278. The quantitative estimate of drug-likeness (QED) is 0.527. The van der Waals surface area contributed by atoms with Gasteiger partial charge in [0.1, 0.15) is 0 Å². The van der Waals surface area contributed by atoms with E-state index in [0.717, 1.165) is 23.9 Å². The summed E-state index contributed by atoms with van der Waals surface area (Å²) in [5.74, 6) is 0.0278. The Labute approximate surface area is 142 Å². The summed E-state index contributed by atoms with van der Waals surface area (Å²) in [5, 5.41) is 3.00. The fourth-order valence-corrected chi connectivity index (χ4v) is 2.85. The Hall–Kier alpha value is -2.88. The van der Waals surface area contributed by atoms with Gasteiger partial charge in [-0.3, -0.25) is 4.79 Å². The molecular weight excluding hydrogens is 298 g/mol. The number of para-hydroxylation sites is 2. The number of aromatic nitrogens is 2. The minimum atomic E-state index is 0.0278. The Balaban J connectivity index is 1.54. The topological polar surface area (TPSA) is 37.9 Å². The zero-order valence-corrected chi connectivity index (χ0v) is 13.7. The lowest BCUT2D eigenvalue weighted by Crippen LogP contribution is -2.42. The average Bonchev–Trinajstić information content (AvgIpc) is 2.97. The highest BCUT2D eigenvalue weighted by molar-refractivity contribution is 5.77. The molecule has 0 unspecified atom stereocenters. The molecule has 0 saturated carbocycles. The van der Waals surface area contributed by atoms with Crippen LogP contribution in [-0.2, 0) is 17.8 Å². The van der Waals surface area contributed by atoms with E-state index in [0.29, 0.717) is 13.1 Å². The van der Waals surface area contributed by atoms with Gasteiger partial charge in [-0.15, -0.1) is 0 Å². The van der Waals surface area contributed by atoms with Crippen LogP contribution >= 0.6 is 0 Å². The third-order valence-corrected chi connectivity index (χ3v) is 4.05. The number of aryl methyl sites for hydroxylation is 1. The van der Waals surface area contributed by atoms with Crippen LogP contribution in [0, 0.1) is 0 Å². The molecule has 3 aromatic rings. The van der Waals surface area contributed by atoms with Crippen LogP contribution < -0.4 is 9.88 Å². The van der Waals surface area contributed by atoms with Crippen LogP contribution in [0.1, 0.15) is 12.0 Å². The van der Waals surface area contributed by atoms with E-state index in [2.05, 4.69) is 24.0 Å². The number of carbonyl (C=O) groups is 1. The van der Waals surface area contributed by atoms with Crippen LogP contribution in [0.15, 0.2) is 67.5 Å². The monoisotopic (exact) mass is 320 g/mol. The molecule has 0 fully saturated rings. The molecule has 3 rings (SSSR count). The largest absolute Gasteiger partial charge is 0.353 e. The van der Waals surface area contributed by atoms with Crippen LogP contribution in [0.2, 0.25) is 0 Å². The van der Waals surface area contributed by atoms with E-state index < -0.39 is 0 Å². The van der Waals surface area contributed by atoms with Crippen molar-refractivity contribution in [2.75, 3.05) is 6.54 Å². The van der Waals surface area contributed by atoms with E-state index in [1.54, 1.807) is 6.20 Å². The first-order valence-electron chi connectivity index (χ1n) is 8.20. The van der Waals surface area contributed by atoms with Gasteiger partial charge in [0.25, 0.3) is 5.91 Å². The SMILES string of the molecule is C=Cn1c[n+](CC(=O)NCCCc2ccccc2)c2ccccc21. The van der Waals surface area contributed by atoms with Gasteiger partial charge in [-0.2, -0.15) is 0 Å². The van der Waals surface area contributed by atoms with Gasteiger partial charge in [0.15, 0.2) is 17.6 Å². The Kier molecular flexibility index (Phi) is 5.06. The van der Waals surface area contributed by atoms with Crippen molar-refractivity contribution in [3.63, 3.8) is 0 Å². The van der Waals surface area contributed by atoms with Gasteiger partial charge in [-0.25, -0.2) is 9.13 Å². The van der Waals surface area contributed by atoms with Crippen molar-refractivity contribution in [1.82, 2.24) is 9.88 Å². The molecular formula is C20H22N3O+.